The van der Waals surface area contributed by atoms with Crippen LogP contribution in [0, 0.1) is 11.3 Å². The molecule has 2 aromatic rings. The van der Waals surface area contributed by atoms with Crippen LogP contribution in [-0.2, 0) is 12.4 Å². The molecule has 23 heavy (non-hydrogen) atoms. The summed E-state index contributed by atoms with van der Waals surface area (Å²) in [7, 11) is 0. The van der Waals surface area contributed by atoms with Crippen molar-refractivity contribution in [2.45, 2.75) is 18.3 Å². The standard InChI is InChI=1S/C16H9F6N/c17-15(18,19)12-5-1-3-10(7-12)14(9-23)11-4-2-6-13(8-11)16(20,21)22/h1-8,14H. The molecular weight excluding hydrogens is 320 g/mol. The Labute approximate surface area is 127 Å². The molecule has 2 rings (SSSR count). The predicted octanol–water partition coefficient (Wildman–Crippen LogP) is 5.38. The number of alkyl halides is 6. The van der Waals surface area contributed by atoms with Crippen LogP contribution in [-0.4, -0.2) is 0 Å². The van der Waals surface area contributed by atoms with E-state index in [9.17, 15) is 31.6 Å². The van der Waals surface area contributed by atoms with Gasteiger partial charge in [-0.2, -0.15) is 31.6 Å². The van der Waals surface area contributed by atoms with Gasteiger partial charge in [0.2, 0.25) is 0 Å². The second kappa shape index (κ2) is 5.95. The molecule has 0 amide bonds. The van der Waals surface area contributed by atoms with E-state index in [1.165, 1.54) is 12.1 Å². The molecule has 0 aliphatic heterocycles. The van der Waals surface area contributed by atoms with Gasteiger partial charge in [0, 0.05) is 0 Å². The minimum atomic E-state index is -4.59. The molecular formula is C16H9F6N. The van der Waals surface area contributed by atoms with Crippen molar-refractivity contribution in [1.82, 2.24) is 0 Å². The Balaban J connectivity index is 2.48. The Morgan fingerprint density at radius 3 is 1.43 bits per heavy atom. The molecule has 0 bridgehead atoms. The molecule has 0 unspecified atom stereocenters. The second-order valence-electron chi connectivity index (χ2n) is 4.81. The zero-order chi connectivity index (χ0) is 17.3. The zero-order valence-electron chi connectivity index (χ0n) is 11.4. The van der Waals surface area contributed by atoms with Crippen molar-refractivity contribution in [3.8, 4) is 6.07 Å². The highest BCUT2D eigenvalue weighted by Crippen LogP contribution is 2.35. The molecule has 1 nitrogen and oxygen atoms in total. The van der Waals surface area contributed by atoms with Gasteiger partial charge in [-0.05, 0) is 23.3 Å². The Morgan fingerprint density at radius 1 is 0.739 bits per heavy atom. The summed E-state index contributed by atoms with van der Waals surface area (Å²) < 4.78 is 76.4. The molecule has 0 N–H and O–H groups in total. The van der Waals surface area contributed by atoms with E-state index in [4.69, 9.17) is 0 Å². The van der Waals surface area contributed by atoms with Crippen LogP contribution in [0.2, 0.25) is 0 Å². The summed E-state index contributed by atoms with van der Waals surface area (Å²) in [4.78, 5) is 0. The minimum absolute atomic E-state index is 0.0124. The van der Waals surface area contributed by atoms with Crippen LogP contribution in [0.3, 0.4) is 0 Å². The highest BCUT2D eigenvalue weighted by molar-refractivity contribution is 5.42. The normalized spacial score (nSPS) is 12.3. The van der Waals surface area contributed by atoms with E-state index in [-0.39, 0.29) is 11.1 Å². The highest BCUT2D eigenvalue weighted by atomic mass is 19.4. The lowest BCUT2D eigenvalue weighted by Crippen LogP contribution is -2.09. The number of nitrogens with zero attached hydrogens (tertiary/aromatic N) is 1. The van der Waals surface area contributed by atoms with Gasteiger partial charge in [-0.15, -0.1) is 0 Å². The van der Waals surface area contributed by atoms with Crippen LogP contribution in [0.1, 0.15) is 28.2 Å². The van der Waals surface area contributed by atoms with Crippen molar-refractivity contribution >= 4 is 0 Å². The summed E-state index contributed by atoms with van der Waals surface area (Å²) in [6, 6.07) is 9.78. The van der Waals surface area contributed by atoms with Gasteiger partial charge in [0.25, 0.3) is 0 Å². The first-order chi connectivity index (χ1) is 10.6. The van der Waals surface area contributed by atoms with Crippen LogP contribution in [0.15, 0.2) is 48.5 Å². The van der Waals surface area contributed by atoms with Crippen molar-refractivity contribution in [2.24, 2.45) is 0 Å². The van der Waals surface area contributed by atoms with Gasteiger partial charge in [0.1, 0.15) is 0 Å². The summed E-state index contributed by atoms with van der Waals surface area (Å²) in [5, 5.41) is 9.21. The monoisotopic (exact) mass is 329 g/mol. The molecule has 0 fully saturated rings. The van der Waals surface area contributed by atoms with E-state index >= 15 is 0 Å². The maximum absolute atomic E-state index is 12.7. The zero-order valence-corrected chi connectivity index (χ0v) is 11.4. The van der Waals surface area contributed by atoms with Crippen molar-refractivity contribution in [1.29, 1.82) is 5.26 Å². The molecule has 0 heterocycles. The Bertz CT molecular complexity index is 682. The van der Waals surface area contributed by atoms with Gasteiger partial charge in [-0.25, -0.2) is 0 Å². The van der Waals surface area contributed by atoms with Crippen LogP contribution < -0.4 is 0 Å². The lowest BCUT2D eigenvalue weighted by atomic mass is 9.90. The Hall–Kier alpha value is -2.49. The van der Waals surface area contributed by atoms with Crippen molar-refractivity contribution in [3.63, 3.8) is 0 Å². The fourth-order valence-corrected chi connectivity index (χ4v) is 2.13. The predicted molar refractivity (Wildman–Crippen MR) is 70.3 cm³/mol. The molecule has 0 saturated carbocycles. The average molecular weight is 329 g/mol. The minimum Gasteiger partial charge on any atom is -0.197 e. The maximum Gasteiger partial charge on any atom is 0.416 e. The largest absolute Gasteiger partial charge is 0.416 e. The number of hydrogen-bond donors (Lipinski definition) is 0. The van der Waals surface area contributed by atoms with Gasteiger partial charge in [-0.3, -0.25) is 0 Å². The topological polar surface area (TPSA) is 23.8 Å². The van der Waals surface area contributed by atoms with Gasteiger partial charge >= 0.3 is 12.4 Å². The fraction of sp³-hybridized carbons (Fsp3) is 0.188. The maximum atomic E-state index is 12.7. The van der Waals surface area contributed by atoms with Gasteiger partial charge in [0.15, 0.2) is 0 Å². The summed E-state index contributed by atoms with van der Waals surface area (Å²) in [6.45, 7) is 0. The van der Waals surface area contributed by atoms with Crippen molar-refractivity contribution in [2.75, 3.05) is 0 Å². The number of hydrogen-bond acceptors (Lipinski definition) is 1. The van der Waals surface area contributed by atoms with Gasteiger partial charge in [0.05, 0.1) is 23.1 Å². The smallest absolute Gasteiger partial charge is 0.197 e. The van der Waals surface area contributed by atoms with E-state index in [1.807, 2.05) is 0 Å². The first-order valence-electron chi connectivity index (χ1n) is 6.37. The molecule has 0 radical (unpaired) electrons. The first kappa shape index (κ1) is 16.9. The van der Waals surface area contributed by atoms with E-state index in [1.54, 1.807) is 6.07 Å². The molecule has 2 aromatic carbocycles. The summed E-state index contributed by atoms with van der Waals surface area (Å²) in [5.74, 6) is -1.22. The number of benzene rings is 2. The lowest BCUT2D eigenvalue weighted by Gasteiger charge is -2.15. The molecule has 120 valence electrons. The van der Waals surface area contributed by atoms with Crippen molar-refractivity contribution < 1.29 is 26.3 Å². The third kappa shape index (κ3) is 3.83. The van der Waals surface area contributed by atoms with Gasteiger partial charge < -0.3 is 0 Å². The van der Waals surface area contributed by atoms with Crippen LogP contribution in [0.4, 0.5) is 26.3 Å². The molecule has 0 aromatic heterocycles. The SMILES string of the molecule is N#CC(c1cccc(C(F)(F)F)c1)c1cccc(C(F)(F)F)c1. The number of rotatable bonds is 2. The molecule has 0 aliphatic rings. The molecule has 0 saturated heterocycles. The molecule has 7 heteroatoms. The number of halogens is 6. The lowest BCUT2D eigenvalue weighted by molar-refractivity contribution is -0.138. The fourth-order valence-electron chi connectivity index (χ4n) is 2.13. The summed E-state index contributed by atoms with van der Waals surface area (Å²) in [5.41, 5.74) is -1.94. The first-order valence-corrected chi connectivity index (χ1v) is 6.37. The van der Waals surface area contributed by atoms with Crippen LogP contribution in [0.5, 0.6) is 0 Å². The summed E-state index contributed by atoms with van der Waals surface area (Å²) in [6.07, 6.45) is -9.19. The van der Waals surface area contributed by atoms with E-state index < -0.39 is 29.4 Å². The quantitative estimate of drug-likeness (QED) is 0.679. The van der Waals surface area contributed by atoms with Crippen LogP contribution >= 0.6 is 0 Å². The molecule has 0 atom stereocenters. The van der Waals surface area contributed by atoms with Crippen molar-refractivity contribution in [3.05, 3.63) is 70.8 Å². The van der Waals surface area contributed by atoms with Crippen LogP contribution in [0.25, 0.3) is 0 Å². The highest BCUT2D eigenvalue weighted by Gasteiger charge is 2.33. The van der Waals surface area contributed by atoms with Gasteiger partial charge in [-0.1, -0.05) is 36.4 Å². The van der Waals surface area contributed by atoms with E-state index in [0.717, 1.165) is 36.4 Å². The second-order valence-corrected chi connectivity index (χ2v) is 4.81. The third-order valence-electron chi connectivity index (χ3n) is 3.22. The summed E-state index contributed by atoms with van der Waals surface area (Å²) >= 11 is 0. The Morgan fingerprint density at radius 2 is 1.13 bits per heavy atom. The molecule has 0 aliphatic carbocycles. The van der Waals surface area contributed by atoms with E-state index in [0.29, 0.717) is 0 Å². The van der Waals surface area contributed by atoms with E-state index in [2.05, 4.69) is 0 Å². The number of nitriles is 1. The Kier molecular flexibility index (Phi) is 4.37. The molecule has 0 spiro atoms. The third-order valence-corrected chi connectivity index (χ3v) is 3.22. The average Bonchev–Trinajstić information content (AvgIpc) is 2.47.